The molecule has 0 aliphatic carbocycles. The number of para-hydroxylation sites is 2. The van der Waals surface area contributed by atoms with Gasteiger partial charge in [-0.05, 0) is 38.1 Å². The first-order chi connectivity index (χ1) is 14.8. The summed E-state index contributed by atoms with van der Waals surface area (Å²) in [6, 6.07) is 13.5. The monoisotopic (exact) mass is 424 g/mol. The van der Waals surface area contributed by atoms with Crippen molar-refractivity contribution in [3.05, 3.63) is 77.6 Å². The van der Waals surface area contributed by atoms with Gasteiger partial charge in [-0.2, -0.15) is 18.3 Å². The van der Waals surface area contributed by atoms with Gasteiger partial charge in [0.05, 0.1) is 34.2 Å². The SMILES string of the molecule is CCn1ncc(-c2cc(C(=O)Nc3ccccc3C(F)(F)F)c3ccccc3n2)c1C. The van der Waals surface area contributed by atoms with Crippen molar-refractivity contribution in [2.75, 3.05) is 5.32 Å². The molecule has 0 saturated heterocycles. The quantitative estimate of drug-likeness (QED) is 0.457. The molecule has 31 heavy (non-hydrogen) atoms. The van der Waals surface area contributed by atoms with Crippen LogP contribution in [0.2, 0.25) is 0 Å². The maximum Gasteiger partial charge on any atom is 0.418 e. The summed E-state index contributed by atoms with van der Waals surface area (Å²) in [5, 5.41) is 7.30. The first kappa shape index (κ1) is 20.6. The number of carbonyl (C=O) groups is 1. The van der Waals surface area contributed by atoms with Gasteiger partial charge in [0, 0.05) is 23.2 Å². The molecule has 0 unspecified atom stereocenters. The average Bonchev–Trinajstić information content (AvgIpc) is 3.13. The highest BCUT2D eigenvalue weighted by atomic mass is 19.4. The van der Waals surface area contributed by atoms with Crippen LogP contribution >= 0.6 is 0 Å². The number of carbonyl (C=O) groups excluding carboxylic acids is 1. The minimum Gasteiger partial charge on any atom is -0.321 e. The zero-order chi connectivity index (χ0) is 22.2. The van der Waals surface area contributed by atoms with Gasteiger partial charge in [-0.15, -0.1) is 0 Å². The smallest absolute Gasteiger partial charge is 0.321 e. The van der Waals surface area contributed by atoms with Gasteiger partial charge in [-0.3, -0.25) is 9.48 Å². The number of hydrogen-bond donors (Lipinski definition) is 1. The molecule has 0 aliphatic heterocycles. The van der Waals surface area contributed by atoms with E-state index in [0.717, 1.165) is 17.3 Å². The van der Waals surface area contributed by atoms with Crippen LogP contribution in [0.5, 0.6) is 0 Å². The van der Waals surface area contributed by atoms with Gasteiger partial charge in [0.1, 0.15) is 0 Å². The molecule has 1 N–H and O–H groups in total. The van der Waals surface area contributed by atoms with Crippen molar-refractivity contribution in [2.24, 2.45) is 0 Å². The summed E-state index contributed by atoms with van der Waals surface area (Å²) in [6.45, 7) is 4.55. The minimum absolute atomic E-state index is 0.237. The van der Waals surface area contributed by atoms with Crippen molar-refractivity contribution in [3.63, 3.8) is 0 Å². The normalized spacial score (nSPS) is 11.6. The molecular formula is C23H19F3N4O. The lowest BCUT2D eigenvalue weighted by atomic mass is 10.0. The van der Waals surface area contributed by atoms with Crippen LogP contribution in [-0.4, -0.2) is 20.7 Å². The third-order valence-electron chi connectivity index (χ3n) is 5.12. The number of aryl methyl sites for hydroxylation is 1. The summed E-state index contributed by atoms with van der Waals surface area (Å²) in [7, 11) is 0. The standard InChI is InChI=1S/C23H19F3N4O/c1-3-30-14(2)17(13-27-30)21-12-16(15-8-4-6-10-19(15)28-21)22(31)29-20-11-7-5-9-18(20)23(24,25)26/h4-13H,3H2,1-2H3,(H,29,31). The summed E-state index contributed by atoms with van der Waals surface area (Å²) in [6.07, 6.45) is -2.90. The van der Waals surface area contributed by atoms with Crippen molar-refractivity contribution in [1.82, 2.24) is 14.8 Å². The largest absolute Gasteiger partial charge is 0.418 e. The van der Waals surface area contributed by atoms with E-state index >= 15 is 0 Å². The molecule has 0 fully saturated rings. The van der Waals surface area contributed by atoms with E-state index in [-0.39, 0.29) is 11.3 Å². The molecule has 2 aromatic heterocycles. The lowest BCUT2D eigenvalue weighted by molar-refractivity contribution is -0.136. The van der Waals surface area contributed by atoms with Crippen LogP contribution in [0.4, 0.5) is 18.9 Å². The Bertz CT molecular complexity index is 1280. The molecule has 1 amide bonds. The summed E-state index contributed by atoms with van der Waals surface area (Å²) in [5.41, 5.74) is 1.79. The van der Waals surface area contributed by atoms with E-state index in [1.54, 1.807) is 36.5 Å². The molecule has 0 radical (unpaired) electrons. The van der Waals surface area contributed by atoms with Crippen LogP contribution < -0.4 is 5.32 Å². The molecule has 0 atom stereocenters. The van der Waals surface area contributed by atoms with E-state index in [2.05, 4.69) is 15.4 Å². The molecule has 158 valence electrons. The maximum atomic E-state index is 13.3. The number of rotatable bonds is 4. The van der Waals surface area contributed by atoms with E-state index in [1.165, 1.54) is 18.2 Å². The van der Waals surface area contributed by atoms with Gasteiger partial charge >= 0.3 is 6.18 Å². The number of pyridine rings is 1. The zero-order valence-electron chi connectivity index (χ0n) is 16.9. The highest BCUT2D eigenvalue weighted by molar-refractivity contribution is 6.13. The Hall–Kier alpha value is -3.68. The second-order valence-corrected chi connectivity index (χ2v) is 7.03. The van der Waals surface area contributed by atoms with Crippen molar-refractivity contribution < 1.29 is 18.0 Å². The highest BCUT2D eigenvalue weighted by Crippen LogP contribution is 2.35. The molecule has 4 aromatic rings. The summed E-state index contributed by atoms with van der Waals surface area (Å²) in [5.74, 6) is -0.642. The van der Waals surface area contributed by atoms with Gasteiger partial charge in [0.2, 0.25) is 0 Å². The minimum atomic E-state index is -4.58. The first-order valence-electron chi connectivity index (χ1n) is 9.69. The van der Waals surface area contributed by atoms with Crippen LogP contribution in [-0.2, 0) is 12.7 Å². The van der Waals surface area contributed by atoms with Gasteiger partial charge in [0.25, 0.3) is 5.91 Å². The van der Waals surface area contributed by atoms with E-state index in [4.69, 9.17) is 0 Å². The lowest BCUT2D eigenvalue weighted by Crippen LogP contribution is -2.17. The molecule has 4 rings (SSSR count). The fourth-order valence-corrected chi connectivity index (χ4v) is 3.55. The number of hydrogen-bond acceptors (Lipinski definition) is 3. The van der Waals surface area contributed by atoms with Gasteiger partial charge in [-0.25, -0.2) is 4.98 Å². The number of amides is 1. The maximum absolute atomic E-state index is 13.3. The molecule has 0 aliphatic rings. The topological polar surface area (TPSA) is 59.8 Å². The Morgan fingerprint density at radius 1 is 1.10 bits per heavy atom. The number of nitrogens with one attached hydrogen (secondary N) is 1. The number of anilines is 1. The van der Waals surface area contributed by atoms with Crippen molar-refractivity contribution in [3.8, 4) is 11.3 Å². The molecule has 0 saturated carbocycles. The Morgan fingerprint density at radius 3 is 2.52 bits per heavy atom. The van der Waals surface area contributed by atoms with Gasteiger partial charge < -0.3 is 5.32 Å². The molecular weight excluding hydrogens is 405 g/mol. The zero-order valence-corrected chi connectivity index (χ0v) is 16.9. The van der Waals surface area contributed by atoms with E-state index in [0.29, 0.717) is 23.1 Å². The van der Waals surface area contributed by atoms with Gasteiger partial charge in [-0.1, -0.05) is 30.3 Å². The lowest BCUT2D eigenvalue weighted by Gasteiger charge is -2.15. The van der Waals surface area contributed by atoms with Crippen molar-refractivity contribution >= 4 is 22.5 Å². The van der Waals surface area contributed by atoms with Crippen LogP contribution in [0.15, 0.2) is 60.8 Å². The Kier molecular flexibility index (Phi) is 5.22. The highest BCUT2D eigenvalue weighted by Gasteiger charge is 2.33. The second-order valence-electron chi connectivity index (χ2n) is 7.03. The average molecular weight is 424 g/mol. The van der Waals surface area contributed by atoms with Crippen LogP contribution in [0, 0.1) is 6.92 Å². The van der Waals surface area contributed by atoms with Crippen molar-refractivity contribution in [1.29, 1.82) is 0 Å². The van der Waals surface area contributed by atoms with Crippen LogP contribution in [0.1, 0.15) is 28.5 Å². The molecule has 0 bridgehead atoms. The molecule has 8 heteroatoms. The fraction of sp³-hybridized carbons (Fsp3) is 0.174. The fourth-order valence-electron chi connectivity index (χ4n) is 3.55. The van der Waals surface area contributed by atoms with E-state index < -0.39 is 17.6 Å². The Balaban J connectivity index is 1.82. The molecule has 5 nitrogen and oxygen atoms in total. The number of benzene rings is 2. The summed E-state index contributed by atoms with van der Waals surface area (Å²) >= 11 is 0. The predicted molar refractivity (Wildman–Crippen MR) is 113 cm³/mol. The molecule has 0 spiro atoms. The number of nitrogens with zero attached hydrogens (tertiary/aromatic N) is 3. The second kappa shape index (κ2) is 7.86. The van der Waals surface area contributed by atoms with Gasteiger partial charge in [0.15, 0.2) is 0 Å². The Morgan fingerprint density at radius 2 is 1.81 bits per heavy atom. The predicted octanol–water partition coefficient (Wildman–Crippen LogP) is 5.70. The van der Waals surface area contributed by atoms with Crippen LogP contribution in [0.3, 0.4) is 0 Å². The van der Waals surface area contributed by atoms with Crippen LogP contribution in [0.25, 0.3) is 22.2 Å². The third kappa shape index (κ3) is 3.88. The van der Waals surface area contributed by atoms with E-state index in [1.807, 2.05) is 18.5 Å². The number of alkyl halides is 3. The van der Waals surface area contributed by atoms with E-state index in [9.17, 15) is 18.0 Å². The Labute approximate surface area is 176 Å². The van der Waals surface area contributed by atoms with Crippen molar-refractivity contribution in [2.45, 2.75) is 26.6 Å². The molecule has 2 aromatic carbocycles. The number of aromatic nitrogens is 3. The molecule has 2 heterocycles. The summed E-state index contributed by atoms with van der Waals surface area (Å²) < 4.78 is 41.9. The number of fused-ring (bicyclic) bond motifs is 1. The number of halogens is 3. The third-order valence-corrected chi connectivity index (χ3v) is 5.12. The summed E-state index contributed by atoms with van der Waals surface area (Å²) in [4.78, 5) is 17.8. The first-order valence-corrected chi connectivity index (χ1v) is 9.69.